The first kappa shape index (κ1) is 21.4. The Balaban J connectivity index is -0.000000403. The van der Waals surface area contributed by atoms with Crippen LogP contribution < -0.4 is 34.0 Å². The molecule has 0 aromatic carbocycles. The summed E-state index contributed by atoms with van der Waals surface area (Å²) in [4.78, 5) is 0. The van der Waals surface area contributed by atoms with Crippen molar-refractivity contribution >= 4 is 39.5 Å². The topological polar surface area (TPSA) is 3.24 Å². The fourth-order valence-electron chi connectivity index (χ4n) is 2.56. The average Bonchev–Trinajstić information content (AvgIpc) is 2.03. The van der Waals surface area contributed by atoms with Gasteiger partial charge in [0.25, 0.3) is 0 Å². The normalized spacial score (nSPS) is 22.9. The minimum Gasteiger partial charge on any atom is -1.00 e. The van der Waals surface area contributed by atoms with Gasteiger partial charge in [-0.1, -0.05) is 33.1 Å². The largest absolute Gasteiger partial charge is 2.00 e. The zero-order chi connectivity index (χ0) is 8.70. The summed E-state index contributed by atoms with van der Waals surface area (Å²) in [6.45, 7) is 13.7. The molecule has 1 aliphatic rings. The van der Waals surface area contributed by atoms with Gasteiger partial charge < -0.3 is 38.2 Å². The molecular formula is C8H21Br2MgNSi2. The van der Waals surface area contributed by atoms with Crippen molar-refractivity contribution < 1.29 is 34.0 Å². The number of nitrogens with zero attached hydrogens (tertiary/aromatic N) is 1. The molecule has 1 heterocycles. The maximum absolute atomic E-state index is 2.89. The SMILES string of the molecule is CCN1[Si](C)(C)CC[Si]1(C)C.[Br-].[Br-].[Mg+2]. The van der Waals surface area contributed by atoms with E-state index in [2.05, 4.69) is 37.3 Å². The van der Waals surface area contributed by atoms with Crippen molar-refractivity contribution in [1.82, 2.24) is 4.23 Å². The monoisotopic (exact) mass is 369 g/mol. The van der Waals surface area contributed by atoms with Crippen molar-refractivity contribution in [2.45, 2.75) is 45.2 Å². The van der Waals surface area contributed by atoms with Crippen LogP contribution in [0.1, 0.15) is 6.92 Å². The third-order valence-electron chi connectivity index (χ3n) is 3.13. The molecule has 0 amide bonds. The third-order valence-corrected chi connectivity index (χ3v) is 13.8. The van der Waals surface area contributed by atoms with E-state index in [1.807, 2.05) is 0 Å². The van der Waals surface area contributed by atoms with E-state index in [4.69, 9.17) is 0 Å². The predicted molar refractivity (Wildman–Crippen MR) is 62.7 cm³/mol. The summed E-state index contributed by atoms with van der Waals surface area (Å²) in [6.07, 6.45) is 0. The molecule has 1 fully saturated rings. The summed E-state index contributed by atoms with van der Waals surface area (Å²) in [6, 6.07) is 3.08. The van der Waals surface area contributed by atoms with Crippen LogP contribution >= 0.6 is 0 Å². The van der Waals surface area contributed by atoms with Gasteiger partial charge in [0, 0.05) is 0 Å². The molecule has 0 atom stereocenters. The van der Waals surface area contributed by atoms with Gasteiger partial charge in [-0.15, -0.1) is 0 Å². The molecule has 0 bridgehead atoms. The molecule has 1 saturated heterocycles. The Hall–Kier alpha value is 2.12. The van der Waals surface area contributed by atoms with E-state index in [1.54, 1.807) is 12.1 Å². The second-order valence-electron chi connectivity index (χ2n) is 4.87. The number of rotatable bonds is 1. The maximum Gasteiger partial charge on any atom is 2.00 e. The first-order valence-corrected chi connectivity index (χ1v) is 11.0. The first-order chi connectivity index (χ1) is 4.90. The van der Waals surface area contributed by atoms with Crippen LogP contribution in [-0.2, 0) is 0 Å². The summed E-state index contributed by atoms with van der Waals surface area (Å²) in [7, 11) is -1.82. The molecule has 0 aliphatic carbocycles. The van der Waals surface area contributed by atoms with Crippen LogP contribution in [0.2, 0.25) is 38.3 Å². The standard InChI is InChI=1S/C8H21NSi2.2BrH.Mg/c1-6-9-10(2,3)7-8-11(9,4)5;;;/h6-8H2,1-5H3;2*1H;/q;;;+2/p-2. The molecule has 0 radical (unpaired) electrons. The molecule has 1 nitrogen and oxygen atoms in total. The van der Waals surface area contributed by atoms with Crippen LogP contribution in [0.4, 0.5) is 0 Å². The molecular weight excluding hydrogens is 350 g/mol. The fraction of sp³-hybridized carbons (Fsp3) is 1.00. The van der Waals surface area contributed by atoms with Gasteiger partial charge in [0.2, 0.25) is 0 Å². The molecule has 82 valence electrons. The Morgan fingerprint density at radius 2 is 1.21 bits per heavy atom. The molecule has 14 heavy (non-hydrogen) atoms. The molecule has 1 rings (SSSR count). The van der Waals surface area contributed by atoms with Gasteiger partial charge >= 0.3 is 23.1 Å². The molecule has 0 saturated carbocycles. The summed E-state index contributed by atoms with van der Waals surface area (Å²) in [5.74, 6) is 0. The summed E-state index contributed by atoms with van der Waals surface area (Å²) in [5, 5.41) is 0. The Morgan fingerprint density at radius 3 is 1.36 bits per heavy atom. The van der Waals surface area contributed by atoms with Crippen molar-refractivity contribution in [2.75, 3.05) is 6.54 Å². The van der Waals surface area contributed by atoms with E-state index >= 15 is 0 Å². The van der Waals surface area contributed by atoms with Gasteiger partial charge in [0.05, 0.1) is 0 Å². The van der Waals surface area contributed by atoms with E-state index in [0.717, 1.165) is 0 Å². The van der Waals surface area contributed by atoms with Crippen molar-refractivity contribution in [3.8, 4) is 0 Å². The zero-order valence-corrected chi connectivity index (χ0v) is 16.6. The second kappa shape index (κ2) is 7.45. The van der Waals surface area contributed by atoms with Crippen molar-refractivity contribution in [1.29, 1.82) is 0 Å². The fourth-order valence-corrected chi connectivity index (χ4v) is 16.9. The van der Waals surface area contributed by atoms with Crippen molar-refractivity contribution in [2.24, 2.45) is 0 Å². The van der Waals surface area contributed by atoms with Gasteiger partial charge in [-0.25, -0.2) is 0 Å². The molecule has 0 aromatic rings. The van der Waals surface area contributed by atoms with Crippen molar-refractivity contribution in [3.63, 3.8) is 0 Å². The molecule has 0 N–H and O–H groups in total. The van der Waals surface area contributed by atoms with E-state index < -0.39 is 16.5 Å². The van der Waals surface area contributed by atoms with Gasteiger partial charge in [-0.3, -0.25) is 0 Å². The number of halogens is 2. The maximum atomic E-state index is 2.89. The summed E-state index contributed by atoms with van der Waals surface area (Å²) >= 11 is 0. The van der Waals surface area contributed by atoms with Crippen LogP contribution in [0.25, 0.3) is 0 Å². The molecule has 1 aliphatic heterocycles. The van der Waals surface area contributed by atoms with Gasteiger partial charge in [0.15, 0.2) is 0 Å². The van der Waals surface area contributed by atoms with E-state index in [9.17, 15) is 0 Å². The van der Waals surface area contributed by atoms with Crippen LogP contribution in [0.5, 0.6) is 0 Å². The summed E-state index contributed by atoms with van der Waals surface area (Å²) in [5.41, 5.74) is 0. The molecule has 0 spiro atoms. The molecule has 0 unspecified atom stereocenters. The average molecular weight is 372 g/mol. The first-order valence-electron chi connectivity index (χ1n) is 4.68. The molecule has 0 aromatic heterocycles. The Kier molecular flexibility index (Phi) is 11.4. The zero-order valence-electron chi connectivity index (χ0n) is 10.0. The van der Waals surface area contributed by atoms with Crippen molar-refractivity contribution in [3.05, 3.63) is 0 Å². The molecule has 6 heteroatoms. The van der Waals surface area contributed by atoms with E-state index in [0.29, 0.717) is 0 Å². The minimum absolute atomic E-state index is 0. The Morgan fingerprint density at radius 1 is 0.929 bits per heavy atom. The number of hydrogen-bond donors (Lipinski definition) is 0. The predicted octanol–water partition coefficient (Wildman–Crippen LogP) is -3.64. The Labute approximate surface area is 128 Å². The van der Waals surface area contributed by atoms with Crippen LogP contribution in [0.15, 0.2) is 0 Å². The van der Waals surface area contributed by atoms with Crippen LogP contribution in [-0.4, -0.2) is 50.3 Å². The second-order valence-corrected chi connectivity index (χ2v) is 14.6. The van der Waals surface area contributed by atoms with Gasteiger partial charge in [0.1, 0.15) is 16.5 Å². The minimum atomic E-state index is -0.910. The van der Waals surface area contributed by atoms with E-state index in [-0.39, 0.29) is 57.0 Å². The van der Waals surface area contributed by atoms with Gasteiger partial charge in [-0.05, 0) is 18.6 Å². The number of hydrogen-bond acceptors (Lipinski definition) is 1. The van der Waals surface area contributed by atoms with Crippen LogP contribution in [0.3, 0.4) is 0 Å². The quantitative estimate of drug-likeness (QED) is 0.430. The smallest absolute Gasteiger partial charge is 1.00 e. The van der Waals surface area contributed by atoms with Crippen LogP contribution in [0, 0.1) is 0 Å². The van der Waals surface area contributed by atoms with E-state index in [1.165, 1.54) is 6.54 Å². The third kappa shape index (κ3) is 4.55. The Bertz CT molecular complexity index is 151. The summed E-state index contributed by atoms with van der Waals surface area (Å²) < 4.78 is 2.89. The van der Waals surface area contributed by atoms with Gasteiger partial charge in [-0.2, -0.15) is 0 Å².